The van der Waals surface area contributed by atoms with Gasteiger partial charge in [0.05, 0.1) is 0 Å². The van der Waals surface area contributed by atoms with E-state index in [-0.39, 0.29) is 13.5 Å². The van der Waals surface area contributed by atoms with Crippen LogP contribution in [0.3, 0.4) is 0 Å². The van der Waals surface area contributed by atoms with Gasteiger partial charge in [-0.25, -0.2) is 4.79 Å². The molecule has 0 radical (unpaired) electrons. The summed E-state index contributed by atoms with van der Waals surface area (Å²) in [6.07, 6.45) is 1.02. The van der Waals surface area contributed by atoms with Crippen molar-refractivity contribution in [3.63, 3.8) is 0 Å². The maximum absolute atomic E-state index is 11.0. The number of aryl methyl sites for hydroxylation is 1. The second kappa shape index (κ2) is 7.50. The number of hydrogen-bond acceptors (Lipinski definition) is 4. The Morgan fingerprint density at radius 3 is 2.56 bits per heavy atom. The van der Waals surface area contributed by atoms with E-state index in [1.165, 1.54) is 5.56 Å². The summed E-state index contributed by atoms with van der Waals surface area (Å²) in [7, 11) is 0. The van der Waals surface area contributed by atoms with E-state index in [0.717, 1.165) is 12.1 Å². The van der Waals surface area contributed by atoms with E-state index < -0.39 is 5.97 Å². The quantitative estimate of drug-likeness (QED) is 0.349. The van der Waals surface area contributed by atoms with Crippen molar-refractivity contribution in [3.8, 4) is 0 Å². The first-order valence-corrected chi connectivity index (χ1v) is 5.86. The van der Waals surface area contributed by atoms with Crippen LogP contribution >= 0.6 is 0 Å². The molecule has 0 aromatic heterocycles. The van der Waals surface area contributed by atoms with Crippen LogP contribution < -0.4 is 5.32 Å². The van der Waals surface area contributed by atoms with Crippen molar-refractivity contribution < 1.29 is 14.3 Å². The first-order chi connectivity index (χ1) is 8.63. The minimum absolute atomic E-state index is 0.0776. The molecule has 0 saturated heterocycles. The van der Waals surface area contributed by atoms with Gasteiger partial charge < -0.3 is 14.8 Å². The second-order valence-corrected chi connectivity index (χ2v) is 3.91. The number of anilines is 1. The van der Waals surface area contributed by atoms with E-state index in [1.54, 1.807) is 6.92 Å². The summed E-state index contributed by atoms with van der Waals surface area (Å²) in [5.74, 6) is -0.442. The van der Waals surface area contributed by atoms with Crippen LogP contribution in [0.15, 0.2) is 36.4 Å². The number of carbonyl (C=O) groups excluding carboxylic acids is 1. The molecule has 0 aliphatic carbocycles. The van der Waals surface area contributed by atoms with Gasteiger partial charge in [0.25, 0.3) is 0 Å². The third-order valence-electron chi connectivity index (χ3n) is 2.36. The van der Waals surface area contributed by atoms with Gasteiger partial charge in [0.15, 0.2) is 6.79 Å². The third kappa shape index (κ3) is 5.01. The van der Waals surface area contributed by atoms with Gasteiger partial charge in [0, 0.05) is 11.3 Å². The van der Waals surface area contributed by atoms with Crippen LogP contribution in [0.4, 0.5) is 5.69 Å². The van der Waals surface area contributed by atoms with Gasteiger partial charge in [0.2, 0.25) is 0 Å². The fourth-order valence-corrected chi connectivity index (χ4v) is 1.25. The maximum Gasteiger partial charge on any atom is 0.335 e. The summed E-state index contributed by atoms with van der Waals surface area (Å²) < 4.78 is 9.90. The van der Waals surface area contributed by atoms with Gasteiger partial charge >= 0.3 is 5.97 Å². The molecule has 1 N–H and O–H groups in total. The lowest BCUT2D eigenvalue weighted by Gasteiger charge is -2.08. The topological polar surface area (TPSA) is 47.6 Å². The van der Waals surface area contributed by atoms with Crippen LogP contribution in [0.1, 0.15) is 19.4 Å². The molecular formula is C14H19NO3. The molecule has 98 valence electrons. The van der Waals surface area contributed by atoms with Gasteiger partial charge in [0.1, 0.15) is 6.73 Å². The maximum atomic E-state index is 11.0. The molecular weight excluding hydrogens is 230 g/mol. The van der Waals surface area contributed by atoms with Crippen LogP contribution in [0.25, 0.3) is 0 Å². The molecule has 0 bridgehead atoms. The molecule has 0 fully saturated rings. The Bertz CT molecular complexity index is 398. The Morgan fingerprint density at radius 2 is 2.00 bits per heavy atom. The smallest absolute Gasteiger partial charge is 0.335 e. The highest BCUT2D eigenvalue weighted by molar-refractivity contribution is 5.86. The van der Waals surface area contributed by atoms with Crippen molar-refractivity contribution in [2.45, 2.75) is 20.3 Å². The van der Waals surface area contributed by atoms with Crippen LogP contribution in [0.2, 0.25) is 0 Å². The van der Waals surface area contributed by atoms with Crippen LogP contribution in [-0.4, -0.2) is 19.5 Å². The minimum atomic E-state index is -0.442. The molecule has 0 unspecified atom stereocenters. The number of benzene rings is 1. The molecule has 0 amide bonds. The van der Waals surface area contributed by atoms with Crippen LogP contribution in [0.5, 0.6) is 0 Å². The molecule has 0 aliphatic rings. The lowest BCUT2D eigenvalue weighted by molar-refractivity contribution is -0.150. The zero-order chi connectivity index (χ0) is 13.4. The zero-order valence-corrected chi connectivity index (χ0v) is 10.9. The summed E-state index contributed by atoms with van der Waals surface area (Å²) in [5.41, 5.74) is 2.62. The first kappa shape index (κ1) is 14.3. The lowest BCUT2D eigenvalue weighted by Crippen LogP contribution is -2.13. The van der Waals surface area contributed by atoms with Crippen molar-refractivity contribution in [2.75, 3.05) is 18.8 Å². The number of rotatable bonds is 7. The van der Waals surface area contributed by atoms with Crippen molar-refractivity contribution in [1.82, 2.24) is 0 Å². The molecule has 0 heterocycles. The zero-order valence-electron chi connectivity index (χ0n) is 10.9. The molecule has 0 saturated carbocycles. The van der Waals surface area contributed by atoms with Crippen LogP contribution in [0, 0.1) is 0 Å². The van der Waals surface area contributed by atoms with Gasteiger partial charge in [-0.1, -0.05) is 25.6 Å². The van der Waals surface area contributed by atoms with Crippen LogP contribution in [-0.2, 0) is 20.7 Å². The monoisotopic (exact) mass is 249 g/mol. The number of nitrogens with one attached hydrogen (secondary N) is 1. The number of carbonyl (C=O) groups is 1. The van der Waals surface area contributed by atoms with Crippen molar-refractivity contribution in [3.05, 3.63) is 42.0 Å². The normalized spacial score (nSPS) is 9.89. The van der Waals surface area contributed by atoms with E-state index in [0.29, 0.717) is 5.57 Å². The first-order valence-electron chi connectivity index (χ1n) is 5.86. The molecule has 0 spiro atoms. The van der Waals surface area contributed by atoms with Crippen molar-refractivity contribution >= 4 is 11.7 Å². The van der Waals surface area contributed by atoms with E-state index >= 15 is 0 Å². The van der Waals surface area contributed by atoms with E-state index in [1.807, 2.05) is 12.1 Å². The Morgan fingerprint density at radius 1 is 1.33 bits per heavy atom. The average Bonchev–Trinajstić information content (AvgIpc) is 2.38. The van der Waals surface area contributed by atoms with Crippen molar-refractivity contribution in [2.24, 2.45) is 0 Å². The minimum Gasteiger partial charge on any atom is -0.435 e. The Kier molecular flexibility index (Phi) is 5.94. The van der Waals surface area contributed by atoms with E-state index in [9.17, 15) is 4.79 Å². The highest BCUT2D eigenvalue weighted by atomic mass is 16.7. The highest BCUT2D eigenvalue weighted by Gasteiger charge is 2.01. The fourth-order valence-electron chi connectivity index (χ4n) is 1.25. The summed E-state index contributed by atoms with van der Waals surface area (Å²) >= 11 is 0. The van der Waals surface area contributed by atoms with Gasteiger partial charge in [-0.2, -0.15) is 0 Å². The number of ether oxygens (including phenoxy) is 2. The lowest BCUT2D eigenvalue weighted by atomic mass is 10.1. The summed E-state index contributed by atoms with van der Waals surface area (Å²) in [4.78, 5) is 11.0. The second-order valence-electron chi connectivity index (χ2n) is 3.91. The molecule has 1 aromatic rings. The standard InChI is InChI=1S/C14H19NO3/c1-4-12-5-7-13(8-6-12)15-9-17-10-18-14(16)11(2)3/h5-8,15H,2,4,9-10H2,1,3H3. The molecule has 4 nitrogen and oxygen atoms in total. The largest absolute Gasteiger partial charge is 0.435 e. The number of esters is 1. The van der Waals surface area contributed by atoms with Gasteiger partial charge in [-0.05, 0) is 31.0 Å². The Balaban J connectivity index is 2.17. The predicted molar refractivity (Wildman–Crippen MR) is 71.2 cm³/mol. The Labute approximate surface area is 108 Å². The average molecular weight is 249 g/mol. The van der Waals surface area contributed by atoms with Gasteiger partial charge in [-0.3, -0.25) is 0 Å². The SMILES string of the molecule is C=C(C)C(=O)OCOCNc1ccc(CC)cc1. The van der Waals surface area contributed by atoms with E-state index in [2.05, 4.69) is 31.0 Å². The summed E-state index contributed by atoms with van der Waals surface area (Å²) in [6, 6.07) is 8.09. The molecule has 0 aliphatic heterocycles. The predicted octanol–water partition coefficient (Wildman–Crippen LogP) is 2.71. The molecule has 1 rings (SSSR count). The molecule has 4 heteroatoms. The molecule has 18 heavy (non-hydrogen) atoms. The number of hydrogen-bond donors (Lipinski definition) is 1. The van der Waals surface area contributed by atoms with E-state index in [4.69, 9.17) is 9.47 Å². The molecule has 1 aromatic carbocycles. The Hall–Kier alpha value is -1.81. The summed E-state index contributed by atoms with van der Waals surface area (Å²) in [6.45, 7) is 7.39. The van der Waals surface area contributed by atoms with Crippen molar-refractivity contribution in [1.29, 1.82) is 0 Å². The summed E-state index contributed by atoms with van der Waals surface area (Å²) in [5, 5.41) is 3.06. The highest BCUT2D eigenvalue weighted by Crippen LogP contribution is 2.09. The third-order valence-corrected chi connectivity index (χ3v) is 2.36. The fraction of sp³-hybridized carbons (Fsp3) is 0.357. The van der Waals surface area contributed by atoms with Gasteiger partial charge in [-0.15, -0.1) is 0 Å². The molecule has 0 atom stereocenters.